The Morgan fingerprint density at radius 3 is 2.52 bits per heavy atom. The molecule has 2 aromatic carbocycles. The van der Waals surface area contributed by atoms with Crippen molar-refractivity contribution >= 4 is 67.3 Å². The highest BCUT2D eigenvalue weighted by atomic mass is 79.9. The van der Waals surface area contributed by atoms with Crippen LogP contribution in [-0.2, 0) is 11.2 Å². The molecule has 0 atom stereocenters. The second-order valence-electron chi connectivity index (χ2n) is 5.47. The number of hydrogen-bond acceptors (Lipinski definition) is 4. The minimum absolute atomic E-state index is 0.112. The Kier molecular flexibility index (Phi) is 6.44. The van der Waals surface area contributed by atoms with Crippen LogP contribution in [0.2, 0.25) is 5.02 Å². The first-order valence-corrected chi connectivity index (χ1v) is 9.86. The van der Waals surface area contributed by atoms with Crippen molar-refractivity contribution in [2.45, 2.75) is 6.42 Å². The number of hydrogen-bond donors (Lipinski definition) is 3. The van der Waals surface area contributed by atoms with Gasteiger partial charge in [-0.3, -0.25) is 10.1 Å². The summed E-state index contributed by atoms with van der Waals surface area (Å²) in [6.07, 6.45) is 0.112. The van der Waals surface area contributed by atoms with Crippen molar-refractivity contribution in [1.82, 2.24) is 4.98 Å². The number of carbonyl (C=O) groups is 2. The van der Waals surface area contributed by atoms with Gasteiger partial charge >= 0.3 is 6.03 Å². The van der Waals surface area contributed by atoms with E-state index in [9.17, 15) is 9.59 Å². The molecule has 0 fully saturated rings. The molecule has 0 unspecified atom stereocenters. The molecule has 3 aromatic rings. The lowest BCUT2D eigenvalue weighted by atomic mass is 10.3. The molecule has 0 aliphatic carbocycles. The highest BCUT2D eigenvalue weighted by Crippen LogP contribution is 2.19. The summed E-state index contributed by atoms with van der Waals surface area (Å²) in [6, 6.07) is 13.7. The molecule has 138 valence electrons. The maximum absolute atomic E-state index is 12.1. The second-order valence-corrected chi connectivity index (χ2v) is 7.68. The summed E-state index contributed by atoms with van der Waals surface area (Å²) in [6.45, 7) is 0. The Balaban J connectivity index is 1.53. The van der Waals surface area contributed by atoms with Crippen molar-refractivity contribution in [2.75, 3.05) is 16.0 Å². The monoisotopic (exact) mass is 464 g/mol. The molecule has 0 aliphatic rings. The molecular formula is C18H14BrClN4O2S. The number of thiazole rings is 1. The number of rotatable bonds is 5. The summed E-state index contributed by atoms with van der Waals surface area (Å²) >= 11 is 10.5. The number of urea groups is 1. The number of aromatic nitrogens is 1. The van der Waals surface area contributed by atoms with Gasteiger partial charge in [-0.15, -0.1) is 11.3 Å². The largest absolute Gasteiger partial charge is 0.326 e. The van der Waals surface area contributed by atoms with Crippen LogP contribution in [0.15, 0.2) is 58.4 Å². The maximum Gasteiger partial charge on any atom is 0.325 e. The van der Waals surface area contributed by atoms with E-state index in [4.69, 9.17) is 11.6 Å². The number of nitrogens with zero attached hydrogens (tertiary/aromatic N) is 1. The molecule has 0 saturated heterocycles. The summed E-state index contributed by atoms with van der Waals surface area (Å²) in [5, 5.41) is 10.8. The molecule has 9 heteroatoms. The van der Waals surface area contributed by atoms with Crippen molar-refractivity contribution in [3.8, 4) is 0 Å². The Morgan fingerprint density at radius 1 is 1.04 bits per heavy atom. The SMILES string of the molecule is O=C(Cc1csc(NC(=O)Nc2cccc(Cl)c2)n1)Nc1cccc(Br)c1. The lowest BCUT2D eigenvalue weighted by Gasteiger charge is -2.05. The number of nitrogens with one attached hydrogen (secondary N) is 3. The van der Waals surface area contributed by atoms with Gasteiger partial charge in [0.2, 0.25) is 5.91 Å². The first kappa shape index (κ1) is 19.3. The number of benzene rings is 2. The lowest BCUT2D eigenvalue weighted by Crippen LogP contribution is -2.19. The average Bonchev–Trinajstić information content (AvgIpc) is 3.01. The molecule has 0 bridgehead atoms. The van der Waals surface area contributed by atoms with Gasteiger partial charge in [0.1, 0.15) is 0 Å². The number of halogens is 2. The van der Waals surface area contributed by atoms with Crippen molar-refractivity contribution in [3.63, 3.8) is 0 Å². The van der Waals surface area contributed by atoms with Gasteiger partial charge in [-0.25, -0.2) is 9.78 Å². The lowest BCUT2D eigenvalue weighted by molar-refractivity contribution is -0.115. The third-order valence-electron chi connectivity index (χ3n) is 3.30. The molecule has 0 spiro atoms. The van der Waals surface area contributed by atoms with E-state index >= 15 is 0 Å². The van der Waals surface area contributed by atoms with E-state index in [1.54, 1.807) is 35.7 Å². The van der Waals surface area contributed by atoms with E-state index in [1.807, 2.05) is 18.2 Å². The quantitative estimate of drug-likeness (QED) is 0.473. The van der Waals surface area contributed by atoms with Gasteiger partial charge in [0.25, 0.3) is 0 Å². The van der Waals surface area contributed by atoms with Crippen LogP contribution in [0.3, 0.4) is 0 Å². The summed E-state index contributed by atoms with van der Waals surface area (Å²) in [5.41, 5.74) is 1.85. The summed E-state index contributed by atoms with van der Waals surface area (Å²) in [5.74, 6) is -0.187. The summed E-state index contributed by atoms with van der Waals surface area (Å²) < 4.78 is 0.881. The van der Waals surface area contributed by atoms with Crippen LogP contribution in [0, 0.1) is 0 Å². The average molecular weight is 466 g/mol. The molecule has 0 saturated carbocycles. The van der Waals surface area contributed by atoms with Crippen LogP contribution in [0.4, 0.5) is 21.3 Å². The van der Waals surface area contributed by atoms with Crippen LogP contribution >= 0.6 is 38.9 Å². The molecule has 3 amide bonds. The van der Waals surface area contributed by atoms with E-state index < -0.39 is 6.03 Å². The van der Waals surface area contributed by atoms with Gasteiger partial charge < -0.3 is 10.6 Å². The Labute approximate surface area is 173 Å². The number of anilines is 3. The van der Waals surface area contributed by atoms with E-state index in [1.165, 1.54) is 11.3 Å². The molecule has 27 heavy (non-hydrogen) atoms. The fourth-order valence-corrected chi connectivity index (χ4v) is 3.50. The first-order chi connectivity index (χ1) is 13.0. The van der Waals surface area contributed by atoms with Gasteiger partial charge in [-0.2, -0.15) is 0 Å². The fourth-order valence-electron chi connectivity index (χ4n) is 2.21. The van der Waals surface area contributed by atoms with Gasteiger partial charge in [0.05, 0.1) is 12.1 Å². The summed E-state index contributed by atoms with van der Waals surface area (Å²) in [7, 11) is 0. The highest BCUT2D eigenvalue weighted by molar-refractivity contribution is 9.10. The number of carbonyl (C=O) groups excluding carboxylic acids is 2. The highest BCUT2D eigenvalue weighted by Gasteiger charge is 2.10. The molecule has 3 rings (SSSR count). The van der Waals surface area contributed by atoms with Crippen LogP contribution in [-0.4, -0.2) is 16.9 Å². The predicted molar refractivity (Wildman–Crippen MR) is 113 cm³/mol. The van der Waals surface area contributed by atoms with E-state index in [2.05, 4.69) is 36.9 Å². The van der Waals surface area contributed by atoms with Gasteiger partial charge in [-0.05, 0) is 36.4 Å². The van der Waals surface area contributed by atoms with Crippen LogP contribution in [0.5, 0.6) is 0 Å². The van der Waals surface area contributed by atoms with Crippen molar-refractivity contribution < 1.29 is 9.59 Å². The second kappa shape index (κ2) is 8.98. The zero-order chi connectivity index (χ0) is 19.2. The Hall–Kier alpha value is -2.42. The van der Waals surface area contributed by atoms with Gasteiger partial charge in [-0.1, -0.05) is 39.7 Å². The van der Waals surface area contributed by atoms with Crippen molar-refractivity contribution in [1.29, 1.82) is 0 Å². The van der Waals surface area contributed by atoms with Gasteiger partial charge in [0, 0.05) is 26.3 Å². The van der Waals surface area contributed by atoms with Crippen LogP contribution < -0.4 is 16.0 Å². The predicted octanol–water partition coefficient (Wildman–Crippen LogP) is 5.38. The molecule has 1 aromatic heterocycles. The van der Waals surface area contributed by atoms with Crippen molar-refractivity contribution in [3.05, 3.63) is 69.1 Å². The van der Waals surface area contributed by atoms with Crippen LogP contribution in [0.25, 0.3) is 0 Å². The molecule has 6 nitrogen and oxygen atoms in total. The third kappa shape index (κ3) is 6.06. The minimum atomic E-state index is -0.434. The normalized spacial score (nSPS) is 10.3. The fraction of sp³-hybridized carbons (Fsp3) is 0.0556. The molecule has 0 aliphatic heterocycles. The van der Waals surface area contributed by atoms with E-state index in [0.29, 0.717) is 27.2 Å². The Bertz CT molecular complexity index is 903. The first-order valence-electron chi connectivity index (χ1n) is 7.81. The van der Waals surface area contributed by atoms with Crippen molar-refractivity contribution in [2.24, 2.45) is 0 Å². The third-order valence-corrected chi connectivity index (χ3v) is 4.84. The van der Waals surface area contributed by atoms with Gasteiger partial charge in [0.15, 0.2) is 5.13 Å². The molecule has 3 N–H and O–H groups in total. The van der Waals surface area contributed by atoms with Crippen LogP contribution in [0.1, 0.15) is 5.69 Å². The zero-order valence-corrected chi connectivity index (χ0v) is 17.0. The number of amides is 3. The minimum Gasteiger partial charge on any atom is -0.326 e. The smallest absolute Gasteiger partial charge is 0.325 e. The zero-order valence-electron chi connectivity index (χ0n) is 13.8. The maximum atomic E-state index is 12.1. The molecule has 0 radical (unpaired) electrons. The molecular weight excluding hydrogens is 452 g/mol. The molecule has 1 heterocycles. The standard InChI is InChI=1S/C18H14BrClN4O2S/c19-11-3-1-5-13(7-11)21-16(25)9-15-10-27-18(23-15)24-17(26)22-14-6-2-4-12(20)8-14/h1-8,10H,9H2,(H,21,25)(H2,22,23,24,26). The Morgan fingerprint density at radius 2 is 1.78 bits per heavy atom. The topological polar surface area (TPSA) is 83.1 Å². The van der Waals surface area contributed by atoms with E-state index in [-0.39, 0.29) is 12.3 Å². The summed E-state index contributed by atoms with van der Waals surface area (Å²) in [4.78, 5) is 28.4. The van der Waals surface area contributed by atoms with E-state index in [0.717, 1.165) is 4.47 Å².